The van der Waals surface area contributed by atoms with Crippen LogP contribution in [-0.4, -0.2) is 18.9 Å². The molecule has 0 aromatic heterocycles. The fraction of sp³-hybridized carbons (Fsp3) is 0.562. The Bertz CT molecular complexity index is 479. The molecular formula is C16H20F3NO. The minimum absolute atomic E-state index is 0.0836. The number of aryl methyl sites for hydroxylation is 1. The van der Waals surface area contributed by atoms with Gasteiger partial charge in [0.15, 0.2) is 0 Å². The highest BCUT2D eigenvalue weighted by molar-refractivity contribution is 5.81. The summed E-state index contributed by atoms with van der Waals surface area (Å²) >= 11 is 0. The fourth-order valence-corrected chi connectivity index (χ4v) is 2.70. The fourth-order valence-electron chi connectivity index (χ4n) is 2.70. The molecule has 116 valence electrons. The van der Waals surface area contributed by atoms with Crippen molar-refractivity contribution < 1.29 is 18.0 Å². The molecule has 1 aromatic carbocycles. The first-order valence-electron chi connectivity index (χ1n) is 7.36. The van der Waals surface area contributed by atoms with E-state index in [1.807, 2.05) is 0 Å². The second kappa shape index (κ2) is 7.07. The maximum Gasteiger partial charge on any atom is 0.416 e. The van der Waals surface area contributed by atoms with Gasteiger partial charge in [0.1, 0.15) is 5.78 Å². The van der Waals surface area contributed by atoms with Crippen LogP contribution < -0.4 is 5.32 Å². The molecule has 1 heterocycles. The molecule has 0 unspecified atom stereocenters. The van der Waals surface area contributed by atoms with Crippen molar-refractivity contribution in [1.82, 2.24) is 5.32 Å². The Labute approximate surface area is 122 Å². The highest BCUT2D eigenvalue weighted by Crippen LogP contribution is 2.29. The molecule has 0 amide bonds. The molecule has 1 saturated heterocycles. The molecule has 0 bridgehead atoms. The van der Waals surface area contributed by atoms with E-state index in [1.165, 1.54) is 12.1 Å². The van der Waals surface area contributed by atoms with Gasteiger partial charge in [0.25, 0.3) is 0 Å². The zero-order chi connectivity index (χ0) is 15.3. The van der Waals surface area contributed by atoms with Crippen molar-refractivity contribution in [3.63, 3.8) is 0 Å². The van der Waals surface area contributed by atoms with E-state index in [9.17, 15) is 18.0 Å². The van der Waals surface area contributed by atoms with Gasteiger partial charge in [0.05, 0.1) is 5.56 Å². The van der Waals surface area contributed by atoms with Gasteiger partial charge in [-0.2, -0.15) is 13.2 Å². The topological polar surface area (TPSA) is 29.1 Å². The Kier molecular flexibility index (Phi) is 5.39. The Morgan fingerprint density at radius 3 is 2.81 bits per heavy atom. The minimum atomic E-state index is -4.31. The van der Waals surface area contributed by atoms with Crippen LogP contribution in [0.5, 0.6) is 0 Å². The van der Waals surface area contributed by atoms with Crippen molar-refractivity contribution in [2.75, 3.05) is 13.1 Å². The van der Waals surface area contributed by atoms with Gasteiger partial charge < -0.3 is 5.32 Å². The lowest BCUT2D eigenvalue weighted by molar-refractivity contribution is -0.137. The van der Waals surface area contributed by atoms with E-state index in [-0.39, 0.29) is 11.7 Å². The predicted octanol–water partition coefficient (Wildman–Crippen LogP) is 3.60. The second-order valence-electron chi connectivity index (χ2n) is 5.56. The number of carbonyl (C=O) groups is 1. The van der Waals surface area contributed by atoms with Crippen LogP contribution in [0.25, 0.3) is 0 Å². The minimum Gasteiger partial charge on any atom is -0.316 e. The number of halogens is 3. The van der Waals surface area contributed by atoms with Gasteiger partial charge >= 0.3 is 6.18 Å². The number of nitrogens with one attached hydrogen (secondary N) is 1. The van der Waals surface area contributed by atoms with Gasteiger partial charge in [0, 0.05) is 18.9 Å². The zero-order valence-electron chi connectivity index (χ0n) is 11.9. The number of hydrogen-bond acceptors (Lipinski definition) is 2. The Balaban J connectivity index is 1.82. The van der Waals surface area contributed by atoms with Crippen LogP contribution in [0.15, 0.2) is 24.3 Å². The van der Waals surface area contributed by atoms with E-state index in [0.717, 1.165) is 32.0 Å². The molecule has 21 heavy (non-hydrogen) atoms. The maximum absolute atomic E-state index is 12.6. The molecule has 0 radical (unpaired) electrons. The molecule has 5 heteroatoms. The van der Waals surface area contributed by atoms with E-state index in [2.05, 4.69) is 5.32 Å². The Morgan fingerprint density at radius 2 is 2.14 bits per heavy atom. The van der Waals surface area contributed by atoms with E-state index < -0.39 is 11.7 Å². The predicted molar refractivity (Wildman–Crippen MR) is 75.0 cm³/mol. The van der Waals surface area contributed by atoms with Crippen LogP contribution >= 0.6 is 0 Å². The van der Waals surface area contributed by atoms with Crippen molar-refractivity contribution in [3.8, 4) is 0 Å². The summed E-state index contributed by atoms with van der Waals surface area (Å²) in [5.74, 6) is 0.314. The van der Waals surface area contributed by atoms with Crippen LogP contribution in [-0.2, 0) is 17.4 Å². The maximum atomic E-state index is 12.6. The molecular weight excluding hydrogens is 279 g/mol. The number of alkyl halides is 3. The third-order valence-electron chi connectivity index (χ3n) is 3.90. The van der Waals surface area contributed by atoms with Crippen LogP contribution in [0.4, 0.5) is 13.2 Å². The van der Waals surface area contributed by atoms with Crippen LogP contribution in [0.1, 0.15) is 36.8 Å². The lowest BCUT2D eigenvalue weighted by Gasteiger charge is -2.21. The molecule has 1 aliphatic rings. The second-order valence-corrected chi connectivity index (χ2v) is 5.56. The third kappa shape index (κ3) is 4.84. The van der Waals surface area contributed by atoms with Crippen molar-refractivity contribution in [3.05, 3.63) is 35.4 Å². The zero-order valence-corrected chi connectivity index (χ0v) is 11.9. The number of rotatable bonds is 5. The van der Waals surface area contributed by atoms with E-state index in [0.29, 0.717) is 24.8 Å². The van der Waals surface area contributed by atoms with Gasteiger partial charge in [-0.15, -0.1) is 0 Å². The first-order chi connectivity index (χ1) is 9.97. The van der Waals surface area contributed by atoms with Gasteiger partial charge in [-0.1, -0.05) is 18.2 Å². The summed E-state index contributed by atoms with van der Waals surface area (Å²) in [4.78, 5) is 12.0. The van der Waals surface area contributed by atoms with Crippen molar-refractivity contribution >= 4 is 5.78 Å². The average Bonchev–Trinajstić information content (AvgIpc) is 2.47. The molecule has 0 aliphatic carbocycles. The molecule has 1 atom stereocenters. The lowest BCUT2D eigenvalue weighted by Crippen LogP contribution is -2.34. The smallest absolute Gasteiger partial charge is 0.316 e. The van der Waals surface area contributed by atoms with E-state index in [4.69, 9.17) is 0 Å². The van der Waals surface area contributed by atoms with Crippen molar-refractivity contribution in [2.45, 2.75) is 38.3 Å². The van der Waals surface area contributed by atoms with Gasteiger partial charge in [0.2, 0.25) is 0 Å². The largest absolute Gasteiger partial charge is 0.416 e. The number of ketones is 1. The summed E-state index contributed by atoms with van der Waals surface area (Å²) < 4.78 is 37.8. The lowest BCUT2D eigenvalue weighted by atomic mass is 9.91. The Morgan fingerprint density at radius 1 is 1.33 bits per heavy atom. The summed E-state index contributed by atoms with van der Waals surface area (Å²) in [7, 11) is 0. The number of carbonyl (C=O) groups excluding carboxylic acids is 1. The number of benzene rings is 1. The monoisotopic (exact) mass is 299 g/mol. The normalized spacial score (nSPS) is 19.5. The third-order valence-corrected chi connectivity index (χ3v) is 3.90. The van der Waals surface area contributed by atoms with Crippen LogP contribution in [0.3, 0.4) is 0 Å². The summed E-state index contributed by atoms with van der Waals surface area (Å²) in [5, 5.41) is 3.20. The molecule has 2 nitrogen and oxygen atoms in total. The summed E-state index contributed by atoms with van der Waals surface area (Å²) in [5.41, 5.74) is 0.0159. The molecule has 1 aliphatic heterocycles. The molecule has 0 spiro atoms. The summed E-state index contributed by atoms with van der Waals surface area (Å²) in [6, 6.07) is 5.35. The van der Waals surface area contributed by atoms with Crippen LogP contribution in [0.2, 0.25) is 0 Å². The van der Waals surface area contributed by atoms with Gasteiger partial charge in [-0.3, -0.25) is 4.79 Å². The van der Waals surface area contributed by atoms with Crippen molar-refractivity contribution in [2.24, 2.45) is 5.92 Å². The highest BCUT2D eigenvalue weighted by Gasteiger charge is 2.30. The first kappa shape index (κ1) is 16.0. The summed E-state index contributed by atoms with van der Waals surface area (Å²) in [6.45, 7) is 1.70. The number of piperidine rings is 1. The summed E-state index contributed by atoms with van der Waals surface area (Å²) in [6.07, 6.45) is -0.798. The molecule has 1 fully saturated rings. The average molecular weight is 299 g/mol. The first-order valence-corrected chi connectivity index (χ1v) is 7.36. The number of Topliss-reactive ketones (excluding diaryl/α,β-unsaturated/α-hetero) is 1. The quantitative estimate of drug-likeness (QED) is 0.900. The molecule has 2 rings (SSSR count). The van der Waals surface area contributed by atoms with E-state index >= 15 is 0 Å². The Hall–Kier alpha value is -1.36. The van der Waals surface area contributed by atoms with Crippen LogP contribution in [0, 0.1) is 5.92 Å². The number of hydrogen-bond donors (Lipinski definition) is 1. The standard InChI is InChI=1S/C16H20F3NO/c17-16(18,19)14-7-1-4-12(10-14)5-2-8-15(21)13-6-3-9-20-11-13/h1,4,7,10,13,20H,2-3,5-6,8-9,11H2/t13-/m1/s1. The highest BCUT2D eigenvalue weighted by atomic mass is 19.4. The van der Waals surface area contributed by atoms with Gasteiger partial charge in [-0.05, 0) is 43.9 Å². The van der Waals surface area contributed by atoms with Crippen molar-refractivity contribution in [1.29, 1.82) is 0 Å². The molecule has 1 aromatic rings. The molecule has 1 N–H and O–H groups in total. The molecule has 0 saturated carbocycles. The van der Waals surface area contributed by atoms with E-state index in [1.54, 1.807) is 6.07 Å². The van der Waals surface area contributed by atoms with Gasteiger partial charge in [-0.25, -0.2) is 0 Å². The SMILES string of the molecule is O=C(CCCc1cccc(C(F)(F)F)c1)[C@@H]1CCCNC1.